The van der Waals surface area contributed by atoms with Gasteiger partial charge in [-0.2, -0.15) is 0 Å². The van der Waals surface area contributed by atoms with E-state index in [0.717, 1.165) is 22.5 Å². The topological polar surface area (TPSA) is 55.2 Å². The molecule has 0 aliphatic heterocycles. The Labute approximate surface area is 113 Å². The molecule has 1 atom stereocenters. The molecule has 19 heavy (non-hydrogen) atoms. The van der Waals surface area contributed by atoms with Gasteiger partial charge in [0.05, 0.1) is 12.8 Å². The first-order valence-electron chi connectivity index (χ1n) is 6.31. The zero-order chi connectivity index (χ0) is 13.8. The third kappa shape index (κ3) is 3.29. The van der Waals surface area contributed by atoms with E-state index in [-0.39, 0.29) is 0 Å². The Hall–Kier alpha value is -1.94. The van der Waals surface area contributed by atoms with E-state index in [1.165, 1.54) is 0 Å². The number of aryl methyl sites for hydroxylation is 2. The molecule has 1 N–H and O–H groups in total. The lowest BCUT2D eigenvalue weighted by atomic mass is 10.0. The van der Waals surface area contributed by atoms with Crippen molar-refractivity contribution in [2.24, 2.45) is 0 Å². The van der Waals surface area contributed by atoms with Crippen LogP contribution in [0.3, 0.4) is 0 Å². The number of aromatic nitrogens is 2. The van der Waals surface area contributed by atoms with Gasteiger partial charge in [-0.15, -0.1) is 0 Å². The molecule has 1 unspecified atom stereocenters. The molecule has 0 radical (unpaired) electrons. The highest BCUT2D eigenvalue weighted by atomic mass is 16.5. The summed E-state index contributed by atoms with van der Waals surface area (Å²) in [5, 5.41) is 10.4. The van der Waals surface area contributed by atoms with Gasteiger partial charge in [-0.1, -0.05) is 0 Å². The highest BCUT2D eigenvalue weighted by molar-refractivity contribution is 5.33. The summed E-state index contributed by atoms with van der Waals surface area (Å²) in [5.41, 5.74) is 3.32. The molecule has 2 aromatic heterocycles. The van der Waals surface area contributed by atoms with Gasteiger partial charge < -0.3 is 9.84 Å². The van der Waals surface area contributed by atoms with Crippen LogP contribution >= 0.6 is 0 Å². The first kappa shape index (κ1) is 13.5. The smallest absolute Gasteiger partial charge is 0.137 e. The maximum atomic E-state index is 10.4. The lowest BCUT2D eigenvalue weighted by Crippen LogP contribution is -2.03. The average Bonchev–Trinajstić information content (AvgIpc) is 2.37. The summed E-state index contributed by atoms with van der Waals surface area (Å²) >= 11 is 0. The van der Waals surface area contributed by atoms with Crippen LogP contribution in [0.5, 0.6) is 5.75 Å². The van der Waals surface area contributed by atoms with Crippen LogP contribution in [0.2, 0.25) is 0 Å². The van der Waals surface area contributed by atoms with E-state index >= 15 is 0 Å². The van der Waals surface area contributed by atoms with Crippen LogP contribution in [-0.2, 0) is 0 Å². The summed E-state index contributed by atoms with van der Waals surface area (Å²) in [6.07, 6.45) is 2.58. The van der Waals surface area contributed by atoms with Gasteiger partial charge in [0.1, 0.15) is 11.9 Å². The molecule has 0 saturated heterocycles. The fourth-order valence-electron chi connectivity index (χ4n) is 2.05. The minimum atomic E-state index is -0.715. The maximum absolute atomic E-state index is 10.4. The molecule has 2 aromatic rings. The van der Waals surface area contributed by atoms with Crippen LogP contribution < -0.4 is 4.74 Å². The number of nitrogens with zero attached hydrogens (tertiary/aromatic N) is 2. The first-order valence-corrected chi connectivity index (χ1v) is 6.31. The molecule has 4 heteroatoms. The largest absolute Gasteiger partial charge is 0.492 e. The molecule has 0 bridgehead atoms. The van der Waals surface area contributed by atoms with Gasteiger partial charge in [0, 0.05) is 23.1 Å². The van der Waals surface area contributed by atoms with Gasteiger partial charge in [0.25, 0.3) is 0 Å². The molecular weight excluding hydrogens is 240 g/mol. The van der Waals surface area contributed by atoms with Crippen LogP contribution in [0, 0.1) is 13.8 Å². The quantitative estimate of drug-likeness (QED) is 0.915. The van der Waals surface area contributed by atoms with Crippen molar-refractivity contribution in [2.45, 2.75) is 26.9 Å². The maximum Gasteiger partial charge on any atom is 0.137 e. The van der Waals surface area contributed by atoms with Crippen molar-refractivity contribution in [3.63, 3.8) is 0 Å². The summed E-state index contributed by atoms with van der Waals surface area (Å²) in [6, 6.07) is 5.57. The van der Waals surface area contributed by atoms with Gasteiger partial charge in [-0.05, 0) is 44.5 Å². The van der Waals surface area contributed by atoms with E-state index in [4.69, 9.17) is 4.74 Å². The third-order valence-corrected chi connectivity index (χ3v) is 2.78. The first-order chi connectivity index (χ1) is 9.10. The van der Waals surface area contributed by atoms with Crippen molar-refractivity contribution >= 4 is 0 Å². The van der Waals surface area contributed by atoms with Crippen molar-refractivity contribution < 1.29 is 9.84 Å². The molecule has 100 valence electrons. The molecule has 4 nitrogen and oxygen atoms in total. The van der Waals surface area contributed by atoms with E-state index < -0.39 is 6.10 Å². The number of hydrogen-bond acceptors (Lipinski definition) is 4. The number of aliphatic hydroxyl groups is 1. The van der Waals surface area contributed by atoms with E-state index in [1.807, 2.05) is 39.0 Å². The summed E-state index contributed by atoms with van der Waals surface area (Å²) in [4.78, 5) is 8.40. The lowest BCUT2D eigenvalue weighted by molar-refractivity contribution is 0.218. The normalized spacial score (nSPS) is 12.2. The fourth-order valence-corrected chi connectivity index (χ4v) is 2.05. The van der Waals surface area contributed by atoms with Crippen molar-refractivity contribution in [1.29, 1.82) is 0 Å². The average molecular weight is 258 g/mol. The highest BCUT2D eigenvalue weighted by Gasteiger charge is 2.13. The van der Waals surface area contributed by atoms with Gasteiger partial charge in [-0.3, -0.25) is 9.97 Å². The zero-order valence-corrected chi connectivity index (χ0v) is 11.4. The molecule has 2 rings (SSSR count). The van der Waals surface area contributed by atoms with E-state index in [1.54, 1.807) is 12.4 Å². The van der Waals surface area contributed by atoms with Crippen molar-refractivity contribution in [2.75, 3.05) is 6.61 Å². The summed E-state index contributed by atoms with van der Waals surface area (Å²) in [6.45, 7) is 6.32. The molecule has 0 saturated carbocycles. The summed E-state index contributed by atoms with van der Waals surface area (Å²) < 4.78 is 5.39. The predicted molar refractivity (Wildman–Crippen MR) is 73.2 cm³/mol. The fraction of sp³-hybridized carbons (Fsp3) is 0.333. The molecule has 0 amide bonds. The molecule has 0 aliphatic rings. The number of rotatable bonds is 4. The predicted octanol–water partition coefficient (Wildman–Crippen LogP) is 2.57. The number of pyridine rings is 2. The minimum Gasteiger partial charge on any atom is -0.492 e. The van der Waals surface area contributed by atoms with Crippen molar-refractivity contribution in [3.8, 4) is 5.75 Å². The second-order valence-electron chi connectivity index (χ2n) is 4.47. The molecule has 0 aliphatic carbocycles. The molecule has 2 heterocycles. The van der Waals surface area contributed by atoms with Crippen molar-refractivity contribution in [1.82, 2.24) is 9.97 Å². The lowest BCUT2D eigenvalue weighted by Gasteiger charge is -2.13. The zero-order valence-electron chi connectivity index (χ0n) is 11.4. The Bertz CT molecular complexity index is 550. The Morgan fingerprint density at radius 3 is 2.42 bits per heavy atom. The highest BCUT2D eigenvalue weighted by Crippen LogP contribution is 2.24. The van der Waals surface area contributed by atoms with Gasteiger partial charge in [0.15, 0.2) is 0 Å². The number of ether oxygens (including phenoxy) is 1. The van der Waals surface area contributed by atoms with Crippen LogP contribution in [0.25, 0.3) is 0 Å². The second kappa shape index (κ2) is 5.80. The van der Waals surface area contributed by atoms with E-state index in [9.17, 15) is 5.11 Å². The SMILES string of the molecule is CCOc1cncc(C(O)c2cc(C)nc(C)c2)c1. The number of aliphatic hydroxyl groups excluding tert-OH is 1. The van der Waals surface area contributed by atoms with Gasteiger partial charge in [-0.25, -0.2) is 0 Å². The third-order valence-electron chi connectivity index (χ3n) is 2.78. The molecule has 0 spiro atoms. The monoisotopic (exact) mass is 258 g/mol. The standard InChI is InChI=1S/C15H18N2O2/c1-4-19-14-7-13(8-16-9-14)15(18)12-5-10(2)17-11(3)6-12/h5-9,15,18H,4H2,1-3H3. The summed E-state index contributed by atoms with van der Waals surface area (Å²) in [5.74, 6) is 0.668. The molecule has 0 fully saturated rings. The van der Waals surface area contributed by atoms with E-state index in [0.29, 0.717) is 12.4 Å². The summed E-state index contributed by atoms with van der Waals surface area (Å²) in [7, 11) is 0. The molecule has 0 aromatic carbocycles. The minimum absolute atomic E-state index is 0.578. The van der Waals surface area contributed by atoms with Crippen LogP contribution in [0.4, 0.5) is 0 Å². The van der Waals surface area contributed by atoms with E-state index in [2.05, 4.69) is 9.97 Å². The Balaban J connectivity index is 2.32. The molecular formula is C15H18N2O2. The second-order valence-corrected chi connectivity index (χ2v) is 4.47. The van der Waals surface area contributed by atoms with Gasteiger partial charge in [0.2, 0.25) is 0 Å². The Morgan fingerprint density at radius 2 is 1.79 bits per heavy atom. The van der Waals surface area contributed by atoms with Gasteiger partial charge >= 0.3 is 0 Å². The Morgan fingerprint density at radius 1 is 1.11 bits per heavy atom. The Kier molecular flexibility index (Phi) is 4.12. The van der Waals surface area contributed by atoms with Crippen LogP contribution in [-0.4, -0.2) is 21.7 Å². The number of hydrogen-bond donors (Lipinski definition) is 1. The van der Waals surface area contributed by atoms with Crippen LogP contribution in [0.15, 0.2) is 30.6 Å². The van der Waals surface area contributed by atoms with Crippen molar-refractivity contribution in [3.05, 3.63) is 53.1 Å². The van der Waals surface area contributed by atoms with Crippen LogP contribution in [0.1, 0.15) is 35.5 Å².